The molecule has 7 nitrogen and oxygen atoms in total. The molecule has 3 aromatic carbocycles. The number of rotatable bonds is 6. The SMILES string of the molecule is CS(=O)(=O)OCc1ccc(C2=CC(CN3C(=O)c4ccccc4C#Cc4ccccc43)ON2)cc1. The summed E-state index contributed by atoms with van der Waals surface area (Å²) in [5.74, 6) is 6.18. The number of para-hydroxylation sites is 1. The van der Waals surface area contributed by atoms with E-state index in [1.807, 2.05) is 60.7 Å². The van der Waals surface area contributed by atoms with Gasteiger partial charge in [0.25, 0.3) is 16.0 Å². The van der Waals surface area contributed by atoms with Crippen molar-refractivity contribution in [3.8, 4) is 11.8 Å². The maximum Gasteiger partial charge on any atom is 0.264 e. The number of carbonyl (C=O) groups excluding carboxylic acids is 1. The Morgan fingerprint density at radius 1 is 0.971 bits per heavy atom. The van der Waals surface area contributed by atoms with Crippen LogP contribution in [0, 0.1) is 11.8 Å². The quantitative estimate of drug-likeness (QED) is 0.424. The highest BCUT2D eigenvalue weighted by Gasteiger charge is 2.28. The summed E-state index contributed by atoms with van der Waals surface area (Å²) in [4.78, 5) is 21.1. The van der Waals surface area contributed by atoms with E-state index in [2.05, 4.69) is 17.3 Å². The van der Waals surface area contributed by atoms with Crippen molar-refractivity contribution in [2.75, 3.05) is 17.7 Å². The summed E-state index contributed by atoms with van der Waals surface area (Å²) in [7, 11) is -3.50. The third-order valence-electron chi connectivity index (χ3n) is 5.67. The molecule has 1 unspecified atom stereocenters. The minimum Gasteiger partial charge on any atom is -0.304 e. The number of amides is 1. The zero-order valence-corrected chi connectivity index (χ0v) is 19.7. The lowest BCUT2D eigenvalue weighted by molar-refractivity contribution is 0.0540. The fourth-order valence-electron chi connectivity index (χ4n) is 3.94. The Kier molecular flexibility index (Phi) is 6.14. The van der Waals surface area contributed by atoms with Crippen LogP contribution in [0.1, 0.15) is 32.6 Å². The van der Waals surface area contributed by atoms with Crippen LogP contribution in [0.25, 0.3) is 5.70 Å². The standard InChI is InChI=1S/C27H22N2O5S/c1-35(31,32)33-18-19-10-12-21(13-11-19)25-16-23(34-28-25)17-29-26-9-5-3-7-22(26)15-14-20-6-2-4-8-24(20)27(29)30/h2-13,16,23,28H,17-18H2,1H3. The van der Waals surface area contributed by atoms with E-state index < -0.39 is 16.2 Å². The molecule has 2 heterocycles. The maximum absolute atomic E-state index is 13.6. The molecule has 3 aromatic rings. The van der Waals surface area contributed by atoms with Crippen LogP contribution in [0.5, 0.6) is 0 Å². The van der Waals surface area contributed by atoms with Gasteiger partial charge >= 0.3 is 0 Å². The molecule has 1 atom stereocenters. The van der Waals surface area contributed by atoms with Crippen LogP contribution in [0.4, 0.5) is 5.69 Å². The minimum absolute atomic E-state index is 0.0223. The highest BCUT2D eigenvalue weighted by atomic mass is 32.2. The van der Waals surface area contributed by atoms with Crippen LogP contribution >= 0.6 is 0 Å². The van der Waals surface area contributed by atoms with E-state index in [1.165, 1.54) is 0 Å². The van der Waals surface area contributed by atoms with Crippen LogP contribution in [-0.2, 0) is 25.7 Å². The Morgan fingerprint density at radius 3 is 2.43 bits per heavy atom. The smallest absolute Gasteiger partial charge is 0.264 e. The van der Waals surface area contributed by atoms with Gasteiger partial charge in [-0.1, -0.05) is 60.4 Å². The lowest BCUT2D eigenvalue weighted by Crippen LogP contribution is -2.39. The van der Waals surface area contributed by atoms with Gasteiger partial charge in [-0.25, -0.2) is 0 Å². The third kappa shape index (κ3) is 5.12. The van der Waals surface area contributed by atoms with Crippen LogP contribution < -0.4 is 10.4 Å². The monoisotopic (exact) mass is 486 g/mol. The summed E-state index contributed by atoms with van der Waals surface area (Å²) in [6, 6.07) is 22.2. The number of carbonyl (C=O) groups is 1. The molecule has 5 rings (SSSR count). The van der Waals surface area contributed by atoms with Crippen LogP contribution in [-0.4, -0.2) is 33.2 Å². The lowest BCUT2D eigenvalue weighted by Gasteiger charge is -2.27. The van der Waals surface area contributed by atoms with Gasteiger partial charge in [0.15, 0.2) is 0 Å². The highest BCUT2D eigenvalue weighted by molar-refractivity contribution is 7.85. The van der Waals surface area contributed by atoms with Crippen molar-refractivity contribution < 1.29 is 22.2 Å². The number of fused-ring (bicyclic) bond motifs is 2. The number of nitrogens with zero attached hydrogens (tertiary/aromatic N) is 1. The van der Waals surface area contributed by atoms with Crippen LogP contribution in [0.3, 0.4) is 0 Å². The zero-order chi connectivity index (χ0) is 24.4. The fraction of sp³-hybridized carbons (Fsp3) is 0.148. The highest BCUT2D eigenvalue weighted by Crippen LogP contribution is 2.27. The molecular formula is C27H22N2O5S. The van der Waals surface area contributed by atoms with Crippen molar-refractivity contribution in [2.45, 2.75) is 12.7 Å². The molecule has 0 aromatic heterocycles. The molecule has 0 radical (unpaired) electrons. The van der Waals surface area contributed by atoms with Crippen molar-refractivity contribution in [2.24, 2.45) is 0 Å². The van der Waals surface area contributed by atoms with E-state index in [-0.39, 0.29) is 12.5 Å². The molecule has 176 valence electrons. The Hall–Kier alpha value is -3.90. The van der Waals surface area contributed by atoms with E-state index in [0.29, 0.717) is 17.7 Å². The summed E-state index contributed by atoms with van der Waals surface area (Å²) in [6.07, 6.45) is 2.55. The van der Waals surface area contributed by atoms with Crippen molar-refractivity contribution >= 4 is 27.4 Å². The molecular weight excluding hydrogens is 464 g/mol. The molecule has 2 aliphatic heterocycles. The van der Waals surface area contributed by atoms with Crippen molar-refractivity contribution in [3.05, 3.63) is 107 Å². The first kappa shape index (κ1) is 22.9. The first-order valence-electron chi connectivity index (χ1n) is 11.0. The molecule has 8 heteroatoms. The van der Waals surface area contributed by atoms with E-state index in [9.17, 15) is 13.2 Å². The summed E-state index contributed by atoms with van der Waals surface area (Å²) >= 11 is 0. The Morgan fingerprint density at radius 2 is 1.66 bits per heavy atom. The third-order valence-corrected chi connectivity index (χ3v) is 6.22. The summed E-state index contributed by atoms with van der Waals surface area (Å²) < 4.78 is 27.2. The molecule has 1 amide bonds. The predicted molar refractivity (Wildman–Crippen MR) is 133 cm³/mol. The zero-order valence-electron chi connectivity index (χ0n) is 18.9. The van der Waals surface area contributed by atoms with Crippen molar-refractivity contribution in [1.82, 2.24) is 5.48 Å². The molecule has 0 saturated carbocycles. The molecule has 1 N–H and O–H groups in total. The Bertz CT molecular complexity index is 1480. The largest absolute Gasteiger partial charge is 0.304 e. The molecule has 0 bridgehead atoms. The fourth-order valence-corrected chi connectivity index (χ4v) is 4.29. The van der Waals surface area contributed by atoms with E-state index >= 15 is 0 Å². The average Bonchev–Trinajstić information content (AvgIpc) is 3.33. The van der Waals surface area contributed by atoms with Gasteiger partial charge < -0.3 is 4.90 Å². The Labute approximate surface area is 204 Å². The molecule has 0 aliphatic carbocycles. The number of anilines is 1. The van der Waals surface area contributed by atoms with Gasteiger partial charge in [0.05, 0.1) is 36.4 Å². The minimum atomic E-state index is -3.50. The molecule has 0 fully saturated rings. The molecule has 35 heavy (non-hydrogen) atoms. The van der Waals surface area contributed by atoms with Gasteiger partial charge in [-0.3, -0.25) is 19.3 Å². The van der Waals surface area contributed by atoms with E-state index in [1.54, 1.807) is 23.1 Å². The summed E-state index contributed by atoms with van der Waals surface area (Å²) in [6.45, 7) is 0.272. The molecule has 0 spiro atoms. The van der Waals surface area contributed by atoms with E-state index in [0.717, 1.165) is 34.3 Å². The second-order valence-corrected chi connectivity index (χ2v) is 9.87. The number of hydroxylamine groups is 1. The number of hydrogen-bond donors (Lipinski definition) is 1. The molecule has 2 aliphatic rings. The van der Waals surface area contributed by atoms with Gasteiger partial charge in [-0.15, -0.1) is 0 Å². The second kappa shape index (κ2) is 9.39. The van der Waals surface area contributed by atoms with Gasteiger partial charge in [-0.05, 0) is 41.5 Å². The first-order valence-corrected chi connectivity index (χ1v) is 12.8. The summed E-state index contributed by atoms with van der Waals surface area (Å²) in [5, 5.41) is 0. The van der Waals surface area contributed by atoms with Gasteiger partial charge in [-0.2, -0.15) is 8.42 Å². The molecule has 0 saturated heterocycles. The van der Waals surface area contributed by atoms with Crippen LogP contribution in [0.2, 0.25) is 0 Å². The topological polar surface area (TPSA) is 84.9 Å². The number of nitrogens with one attached hydrogen (secondary N) is 1. The first-order chi connectivity index (χ1) is 16.9. The van der Waals surface area contributed by atoms with Crippen molar-refractivity contribution in [1.29, 1.82) is 0 Å². The van der Waals surface area contributed by atoms with Gasteiger partial charge in [0, 0.05) is 11.1 Å². The normalized spacial score (nSPS) is 16.7. The number of hydrogen-bond acceptors (Lipinski definition) is 6. The van der Waals surface area contributed by atoms with Crippen LogP contribution in [0.15, 0.2) is 78.9 Å². The second-order valence-electron chi connectivity index (χ2n) is 8.23. The van der Waals surface area contributed by atoms with E-state index in [4.69, 9.17) is 9.02 Å². The predicted octanol–water partition coefficient (Wildman–Crippen LogP) is 3.47. The van der Waals surface area contributed by atoms with Gasteiger partial charge in [0.1, 0.15) is 6.10 Å². The van der Waals surface area contributed by atoms with Crippen molar-refractivity contribution in [3.63, 3.8) is 0 Å². The van der Waals surface area contributed by atoms with Gasteiger partial charge in [0.2, 0.25) is 0 Å². The number of benzene rings is 3. The Balaban J connectivity index is 1.38. The average molecular weight is 487 g/mol. The maximum atomic E-state index is 13.6. The summed E-state index contributed by atoms with van der Waals surface area (Å²) in [5.41, 5.74) is 8.06. The lowest BCUT2D eigenvalue weighted by atomic mass is 10.0.